The fourth-order valence-corrected chi connectivity index (χ4v) is 2.86. The van der Waals surface area contributed by atoms with E-state index in [2.05, 4.69) is 4.98 Å². The number of hydrogen-bond donors (Lipinski definition) is 2. The van der Waals surface area contributed by atoms with Crippen LogP contribution < -0.4 is 11.2 Å². The molecule has 7 heteroatoms. The van der Waals surface area contributed by atoms with Crippen LogP contribution in [-0.4, -0.2) is 33.5 Å². The van der Waals surface area contributed by atoms with Crippen LogP contribution in [0.1, 0.15) is 26.5 Å². The Hall–Kier alpha value is -1.47. The number of aliphatic hydroxyl groups excluding tert-OH is 1. The molecule has 0 unspecified atom stereocenters. The minimum Gasteiger partial charge on any atom is -0.396 e. The smallest absolute Gasteiger partial charge is 0.330 e. The monoisotopic (exact) mass is 286 g/mol. The summed E-state index contributed by atoms with van der Waals surface area (Å²) in [4.78, 5) is 25.1. The molecule has 1 aliphatic heterocycles. The predicted octanol–water partition coefficient (Wildman–Crippen LogP) is 0.428. The van der Waals surface area contributed by atoms with Crippen molar-refractivity contribution in [3.8, 4) is 0 Å². The molecular formula is C13H19FN2O4. The normalized spacial score (nSPS) is 33.5. The number of nitrogens with zero attached hydrogens (tertiary/aromatic N) is 1. The topological polar surface area (TPSA) is 84.3 Å². The first-order valence-corrected chi connectivity index (χ1v) is 6.65. The number of aromatic nitrogens is 2. The molecule has 0 spiro atoms. The summed E-state index contributed by atoms with van der Waals surface area (Å²) < 4.78 is 20.4. The third-order valence-corrected chi connectivity index (χ3v) is 4.35. The zero-order valence-corrected chi connectivity index (χ0v) is 11.5. The van der Waals surface area contributed by atoms with Crippen LogP contribution in [0.3, 0.4) is 0 Å². The highest BCUT2D eigenvalue weighted by Crippen LogP contribution is 2.47. The zero-order chi connectivity index (χ0) is 14.9. The number of hydrogen-bond acceptors (Lipinski definition) is 4. The van der Waals surface area contributed by atoms with E-state index in [1.165, 1.54) is 16.8 Å². The van der Waals surface area contributed by atoms with Gasteiger partial charge in [0.2, 0.25) is 0 Å². The number of nitrogens with one attached hydrogen (secondary N) is 1. The van der Waals surface area contributed by atoms with Gasteiger partial charge in [0.1, 0.15) is 18.5 Å². The van der Waals surface area contributed by atoms with Gasteiger partial charge in [-0.25, -0.2) is 9.18 Å². The van der Waals surface area contributed by atoms with Gasteiger partial charge in [0, 0.05) is 18.2 Å². The van der Waals surface area contributed by atoms with Gasteiger partial charge in [0.05, 0.1) is 6.61 Å². The Bertz CT molecular complexity index is 578. The second-order valence-corrected chi connectivity index (χ2v) is 5.21. The van der Waals surface area contributed by atoms with Gasteiger partial charge in [-0.3, -0.25) is 14.3 Å². The lowest BCUT2D eigenvalue weighted by atomic mass is 9.81. The van der Waals surface area contributed by atoms with E-state index in [0.717, 1.165) is 0 Å². The maximum absolute atomic E-state index is 13.4. The van der Waals surface area contributed by atoms with Crippen LogP contribution in [0.25, 0.3) is 0 Å². The Morgan fingerprint density at radius 2 is 2.25 bits per heavy atom. The van der Waals surface area contributed by atoms with Crippen LogP contribution >= 0.6 is 0 Å². The van der Waals surface area contributed by atoms with Crippen molar-refractivity contribution in [2.24, 2.45) is 11.8 Å². The molecule has 0 amide bonds. The second kappa shape index (κ2) is 5.49. The number of halogens is 1. The fourth-order valence-electron chi connectivity index (χ4n) is 2.86. The van der Waals surface area contributed by atoms with Gasteiger partial charge in [0.25, 0.3) is 5.56 Å². The Morgan fingerprint density at radius 1 is 1.55 bits per heavy atom. The van der Waals surface area contributed by atoms with Gasteiger partial charge in [-0.2, -0.15) is 0 Å². The summed E-state index contributed by atoms with van der Waals surface area (Å²) in [6.07, 6.45) is 0.969. The summed E-state index contributed by atoms with van der Waals surface area (Å²) in [5.41, 5.74) is -2.14. The summed E-state index contributed by atoms with van der Waals surface area (Å²) in [7, 11) is 0. The molecule has 1 saturated heterocycles. The van der Waals surface area contributed by atoms with Gasteiger partial charge in [-0.15, -0.1) is 0 Å². The van der Waals surface area contributed by atoms with E-state index in [0.29, 0.717) is 6.42 Å². The predicted molar refractivity (Wildman–Crippen MR) is 70.2 cm³/mol. The molecule has 112 valence electrons. The van der Waals surface area contributed by atoms with E-state index in [1.54, 1.807) is 6.92 Å². The number of alkyl halides is 1. The van der Waals surface area contributed by atoms with E-state index in [1.807, 2.05) is 6.92 Å². The minimum atomic E-state index is -1.01. The standard InChI is InChI=1S/C13H19FN2O4/c1-3-13(7-14)8(2)9(6-17)11(20-13)16-5-4-10(18)15-12(16)19/h4-5,8-9,11,17H,3,6-7H2,1-2H3,(H,15,18,19)/t8-,9+,11+,13-/m0/s1. The van der Waals surface area contributed by atoms with Crippen LogP contribution in [0.15, 0.2) is 21.9 Å². The molecule has 20 heavy (non-hydrogen) atoms. The summed E-state index contributed by atoms with van der Waals surface area (Å²) in [6.45, 7) is 2.71. The molecule has 0 bridgehead atoms. The lowest BCUT2D eigenvalue weighted by molar-refractivity contribution is -0.102. The van der Waals surface area contributed by atoms with Crippen LogP contribution in [-0.2, 0) is 4.74 Å². The van der Waals surface area contributed by atoms with Crippen molar-refractivity contribution in [1.29, 1.82) is 0 Å². The summed E-state index contributed by atoms with van der Waals surface area (Å²) in [5, 5.41) is 9.55. The Balaban J connectivity index is 2.46. The molecule has 0 radical (unpaired) electrons. The average molecular weight is 286 g/mol. The number of aliphatic hydroxyl groups is 1. The van der Waals surface area contributed by atoms with Gasteiger partial charge < -0.3 is 9.84 Å². The third-order valence-electron chi connectivity index (χ3n) is 4.35. The SMILES string of the molecule is CC[C@@]1(CF)O[C@@H](n2ccc(=O)[nH]c2=O)[C@H](CO)[C@@H]1C. The maximum atomic E-state index is 13.4. The van der Waals surface area contributed by atoms with Crippen molar-refractivity contribution in [2.45, 2.75) is 32.1 Å². The Kier molecular flexibility index (Phi) is 4.10. The van der Waals surface area contributed by atoms with Crippen LogP contribution in [0, 0.1) is 11.8 Å². The van der Waals surface area contributed by atoms with Crippen LogP contribution in [0.4, 0.5) is 4.39 Å². The Labute approximate surface area is 115 Å². The number of aromatic amines is 1. The van der Waals surface area contributed by atoms with E-state index in [9.17, 15) is 19.1 Å². The molecule has 4 atom stereocenters. The highest BCUT2D eigenvalue weighted by Gasteiger charge is 2.52. The summed E-state index contributed by atoms with van der Waals surface area (Å²) in [6, 6.07) is 1.20. The van der Waals surface area contributed by atoms with Crippen molar-refractivity contribution in [3.63, 3.8) is 0 Å². The molecule has 0 saturated carbocycles. The van der Waals surface area contributed by atoms with Gasteiger partial charge in [0.15, 0.2) is 0 Å². The van der Waals surface area contributed by atoms with Gasteiger partial charge >= 0.3 is 5.69 Å². The molecule has 0 aliphatic carbocycles. The van der Waals surface area contributed by atoms with Crippen molar-refractivity contribution in [2.75, 3.05) is 13.3 Å². The Morgan fingerprint density at radius 3 is 2.75 bits per heavy atom. The van der Waals surface area contributed by atoms with E-state index in [-0.39, 0.29) is 12.5 Å². The molecular weight excluding hydrogens is 267 g/mol. The third kappa shape index (κ3) is 2.20. The van der Waals surface area contributed by atoms with Crippen molar-refractivity contribution < 1.29 is 14.2 Å². The van der Waals surface area contributed by atoms with E-state index < -0.39 is 35.7 Å². The first kappa shape index (κ1) is 14.9. The van der Waals surface area contributed by atoms with Crippen LogP contribution in [0.5, 0.6) is 0 Å². The quantitative estimate of drug-likeness (QED) is 0.840. The molecule has 6 nitrogen and oxygen atoms in total. The van der Waals surface area contributed by atoms with Crippen molar-refractivity contribution in [3.05, 3.63) is 33.1 Å². The fraction of sp³-hybridized carbons (Fsp3) is 0.692. The first-order chi connectivity index (χ1) is 9.49. The van der Waals surface area contributed by atoms with Crippen molar-refractivity contribution >= 4 is 0 Å². The molecule has 1 fully saturated rings. The number of ether oxygens (including phenoxy) is 1. The highest BCUT2D eigenvalue weighted by molar-refractivity contribution is 4.98. The molecule has 1 aromatic heterocycles. The number of rotatable bonds is 4. The van der Waals surface area contributed by atoms with Gasteiger partial charge in [-0.1, -0.05) is 13.8 Å². The zero-order valence-electron chi connectivity index (χ0n) is 11.5. The van der Waals surface area contributed by atoms with Crippen molar-refractivity contribution in [1.82, 2.24) is 9.55 Å². The van der Waals surface area contributed by atoms with E-state index >= 15 is 0 Å². The average Bonchev–Trinajstić information content (AvgIpc) is 2.71. The second-order valence-electron chi connectivity index (χ2n) is 5.21. The molecule has 1 aliphatic rings. The minimum absolute atomic E-state index is 0.223. The molecule has 0 aromatic carbocycles. The molecule has 1 aromatic rings. The maximum Gasteiger partial charge on any atom is 0.330 e. The molecule has 2 N–H and O–H groups in total. The summed E-state index contributed by atoms with van der Waals surface area (Å²) in [5.74, 6) is -0.652. The largest absolute Gasteiger partial charge is 0.396 e. The van der Waals surface area contributed by atoms with E-state index in [4.69, 9.17) is 4.74 Å². The lowest BCUT2D eigenvalue weighted by Gasteiger charge is -2.29. The molecule has 2 heterocycles. The number of H-pyrrole nitrogens is 1. The van der Waals surface area contributed by atoms with Gasteiger partial charge in [-0.05, 0) is 12.3 Å². The summed E-state index contributed by atoms with van der Waals surface area (Å²) >= 11 is 0. The molecule has 2 rings (SSSR count). The highest BCUT2D eigenvalue weighted by atomic mass is 19.1. The lowest BCUT2D eigenvalue weighted by Crippen LogP contribution is -2.37. The van der Waals surface area contributed by atoms with Crippen LogP contribution in [0.2, 0.25) is 0 Å². The first-order valence-electron chi connectivity index (χ1n) is 6.65.